The number of hydrogen-bond donors (Lipinski definition) is 0. The minimum atomic E-state index is -0.843. The molecule has 0 aromatic carbocycles. The van der Waals surface area contributed by atoms with Crippen LogP contribution in [0.1, 0.15) is 61.3 Å². The van der Waals surface area contributed by atoms with E-state index in [1.165, 1.54) is 7.11 Å². The van der Waals surface area contributed by atoms with Crippen molar-refractivity contribution in [2.75, 3.05) is 7.11 Å². The van der Waals surface area contributed by atoms with E-state index in [9.17, 15) is 9.59 Å². The molecule has 0 aromatic rings. The molecule has 1 amide bonds. The first-order valence-corrected chi connectivity index (χ1v) is 9.22. The maximum absolute atomic E-state index is 12.9. The third kappa shape index (κ3) is 5.73. The first-order chi connectivity index (χ1) is 11.8. The highest BCUT2D eigenvalue weighted by Gasteiger charge is 2.53. The van der Waals surface area contributed by atoms with E-state index in [1.54, 1.807) is 11.0 Å². The second kappa shape index (κ2) is 8.42. The van der Waals surface area contributed by atoms with Crippen LogP contribution in [0, 0.1) is 11.8 Å². The van der Waals surface area contributed by atoms with Gasteiger partial charge in [0.15, 0.2) is 0 Å². The maximum Gasteiger partial charge on any atom is 0.412 e. The normalized spacial score (nSPS) is 23.7. The first kappa shape index (κ1) is 22.5. The molecule has 6 heteroatoms. The molecule has 6 nitrogen and oxygen atoms in total. The van der Waals surface area contributed by atoms with E-state index in [4.69, 9.17) is 14.2 Å². The lowest BCUT2D eigenvalue weighted by atomic mass is 9.88. The van der Waals surface area contributed by atoms with Crippen LogP contribution in [0.4, 0.5) is 4.79 Å². The number of hydrogen-bond acceptors (Lipinski definition) is 5. The number of nitrogens with zero attached hydrogens (tertiary/aromatic N) is 1. The molecule has 1 rings (SSSR count). The van der Waals surface area contributed by atoms with Crippen LogP contribution in [0.3, 0.4) is 0 Å². The Morgan fingerprint density at radius 2 is 1.88 bits per heavy atom. The average Bonchev–Trinajstić information content (AvgIpc) is 2.72. The first-order valence-electron chi connectivity index (χ1n) is 9.22. The minimum absolute atomic E-state index is 0.164. The van der Waals surface area contributed by atoms with E-state index in [-0.39, 0.29) is 30.5 Å². The van der Waals surface area contributed by atoms with Crippen molar-refractivity contribution < 1.29 is 23.8 Å². The molecule has 26 heavy (non-hydrogen) atoms. The average molecular weight is 370 g/mol. The molecule has 0 saturated carbocycles. The summed E-state index contributed by atoms with van der Waals surface area (Å²) in [5, 5.41) is 0. The molecule has 150 valence electrons. The Morgan fingerprint density at radius 1 is 1.31 bits per heavy atom. The summed E-state index contributed by atoms with van der Waals surface area (Å²) in [4.78, 5) is 26.4. The maximum atomic E-state index is 12.9. The van der Waals surface area contributed by atoms with Gasteiger partial charge in [0.25, 0.3) is 0 Å². The molecular weight excluding hydrogens is 334 g/mol. The van der Waals surface area contributed by atoms with Gasteiger partial charge in [-0.15, -0.1) is 6.58 Å². The van der Waals surface area contributed by atoms with E-state index >= 15 is 0 Å². The highest BCUT2D eigenvalue weighted by molar-refractivity contribution is 5.71. The van der Waals surface area contributed by atoms with Crippen molar-refractivity contribution in [2.45, 2.75) is 84.8 Å². The van der Waals surface area contributed by atoms with Crippen LogP contribution < -0.4 is 0 Å². The van der Waals surface area contributed by atoms with Gasteiger partial charge in [0.1, 0.15) is 11.3 Å². The summed E-state index contributed by atoms with van der Waals surface area (Å²) in [5.74, 6) is -0.234. The minimum Gasteiger partial charge on any atom is -0.469 e. The van der Waals surface area contributed by atoms with Crippen LogP contribution in [0.15, 0.2) is 12.7 Å². The van der Waals surface area contributed by atoms with Crippen LogP contribution >= 0.6 is 0 Å². The van der Waals surface area contributed by atoms with Gasteiger partial charge in [-0.2, -0.15) is 0 Å². The summed E-state index contributed by atoms with van der Waals surface area (Å²) < 4.78 is 16.7. The fraction of sp³-hybridized carbons (Fsp3) is 0.800. The molecule has 1 aliphatic heterocycles. The van der Waals surface area contributed by atoms with Gasteiger partial charge in [-0.25, -0.2) is 4.79 Å². The van der Waals surface area contributed by atoms with Gasteiger partial charge in [-0.3, -0.25) is 9.69 Å². The van der Waals surface area contributed by atoms with Crippen molar-refractivity contribution in [1.29, 1.82) is 0 Å². The zero-order valence-corrected chi connectivity index (χ0v) is 17.5. The SMILES string of the molecule is C=C[C@@H](CC(=O)OC)[C@@H]1OC(C)(C)N(C(=O)OC(C)(C)C)[C@H]1CC(C)C. The lowest BCUT2D eigenvalue weighted by Crippen LogP contribution is -2.51. The van der Waals surface area contributed by atoms with Gasteiger partial charge in [0.05, 0.1) is 25.7 Å². The summed E-state index contributed by atoms with van der Waals surface area (Å²) in [6.07, 6.45) is 1.85. The Morgan fingerprint density at radius 3 is 2.31 bits per heavy atom. The molecule has 0 N–H and O–H groups in total. The molecule has 3 atom stereocenters. The molecule has 0 spiro atoms. The van der Waals surface area contributed by atoms with Crippen molar-refractivity contribution >= 4 is 12.1 Å². The number of methoxy groups -OCH3 is 1. The van der Waals surface area contributed by atoms with Crippen molar-refractivity contribution in [2.24, 2.45) is 11.8 Å². The van der Waals surface area contributed by atoms with Crippen molar-refractivity contribution in [3.63, 3.8) is 0 Å². The van der Waals surface area contributed by atoms with Gasteiger partial charge in [-0.1, -0.05) is 19.9 Å². The fourth-order valence-corrected chi connectivity index (χ4v) is 3.39. The van der Waals surface area contributed by atoms with Gasteiger partial charge < -0.3 is 14.2 Å². The summed E-state index contributed by atoms with van der Waals surface area (Å²) in [7, 11) is 1.36. The summed E-state index contributed by atoms with van der Waals surface area (Å²) >= 11 is 0. The molecule has 0 bridgehead atoms. The molecule has 1 heterocycles. The van der Waals surface area contributed by atoms with Gasteiger partial charge in [-0.05, 0) is 47.0 Å². The molecule has 1 aliphatic rings. The fourth-order valence-electron chi connectivity index (χ4n) is 3.39. The second-order valence-electron chi connectivity index (χ2n) is 8.76. The van der Waals surface area contributed by atoms with Crippen LogP contribution in [-0.2, 0) is 19.0 Å². The Bertz CT molecular complexity index is 521. The molecular formula is C20H35NO5. The summed E-state index contributed by atoms with van der Waals surface area (Å²) in [5.41, 5.74) is -1.44. The number of amides is 1. The van der Waals surface area contributed by atoms with Gasteiger partial charge in [0.2, 0.25) is 0 Å². The predicted octanol–water partition coefficient (Wildman–Crippen LogP) is 4.14. The van der Waals surface area contributed by atoms with Crippen molar-refractivity contribution in [1.82, 2.24) is 4.90 Å². The van der Waals surface area contributed by atoms with E-state index < -0.39 is 17.4 Å². The van der Waals surface area contributed by atoms with Gasteiger partial charge >= 0.3 is 12.1 Å². The molecule has 0 aromatic heterocycles. The molecule has 0 aliphatic carbocycles. The monoisotopic (exact) mass is 369 g/mol. The lowest BCUT2D eigenvalue weighted by Gasteiger charge is -2.36. The molecule has 0 radical (unpaired) electrons. The molecule has 1 fully saturated rings. The van der Waals surface area contributed by atoms with E-state index in [0.717, 1.165) is 6.42 Å². The molecule has 1 saturated heterocycles. The smallest absolute Gasteiger partial charge is 0.412 e. The van der Waals surface area contributed by atoms with Crippen molar-refractivity contribution in [3.05, 3.63) is 12.7 Å². The lowest BCUT2D eigenvalue weighted by molar-refractivity contribution is -0.143. The zero-order valence-electron chi connectivity index (χ0n) is 17.5. The third-order valence-electron chi connectivity index (χ3n) is 4.37. The second-order valence-corrected chi connectivity index (χ2v) is 8.76. The van der Waals surface area contributed by atoms with Crippen molar-refractivity contribution in [3.8, 4) is 0 Å². The summed E-state index contributed by atoms with van der Waals surface area (Å²) in [6.45, 7) is 17.3. The quantitative estimate of drug-likeness (QED) is 0.520. The highest BCUT2D eigenvalue weighted by atomic mass is 16.6. The number of carbonyl (C=O) groups excluding carboxylic acids is 2. The van der Waals surface area contributed by atoms with Crippen LogP contribution in [0.25, 0.3) is 0 Å². The number of esters is 1. The largest absolute Gasteiger partial charge is 0.469 e. The predicted molar refractivity (Wildman–Crippen MR) is 101 cm³/mol. The topological polar surface area (TPSA) is 65.1 Å². The van der Waals surface area contributed by atoms with E-state index in [1.807, 2.05) is 34.6 Å². The third-order valence-corrected chi connectivity index (χ3v) is 4.37. The Kier molecular flexibility index (Phi) is 7.28. The number of carbonyl (C=O) groups is 2. The standard InChI is InChI=1S/C20H35NO5/c1-10-14(12-16(22)24-9)17-15(11-13(2)3)21(20(7,8)25-17)18(23)26-19(4,5)6/h10,13-15,17H,1,11-12H2,2-9H3/t14-,15-,17-/m0/s1. The number of ether oxygens (including phenoxy) is 3. The van der Waals surface area contributed by atoms with Gasteiger partial charge in [0, 0.05) is 5.92 Å². The zero-order chi connectivity index (χ0) is 20.3. The summed E-state index contributed by atoms with van der Waals surface area (Å²) in [6, 6.07) is -0.215. The van der Waals surface area contributed by atoms with E-state index in [0.29, 0.717) is 5.92 Å². The van der Waals surface area contributed by atoms with Crippen LogP contribution in [-0.4, -0.2) is 47.5 Å². The Hall–Kier alpha value is -1.56. The van der Waals surface area contributed by atoms with Crippen LogP contribution in [0.5, 0.6) is 0 Å². The molecule has 0 unspecified atom stereocenters. The Balaban J connectivity index is 3.21. The number of rotatable bonds is 6. The Labute approximate surface area is 157 Å². The highest BCUT2D eigenvalue weighted by Crippen LogP contribution is 2.40. The van der Waals surface area contributed by atoms with Crippen LogP contribution in [0.2, 0.25) is 0 Å². The van der Waals surface area contributed by atoms with E-state index in [2.05, 4.69) is 20.4 Å².